The van der Waals surface area contributed by atoms with E-state index in [1.807, 2.05) is 18.2 Å². The van der Waals surface area contributed by atoms with Gasteiger partial charge in [-0.05, 0) is 48.4 Å². The zero-order chi connectivity index (χ0) is 12.3. The van der Waals surface area contributed by atoms with E-state index in [1.54, 1.807) is 6.07 Å². The lowest BCUT2D eigenvalue weighted by molar-refractivity contribution is 0.461. The van der Waals surface area contributed by atoms with Gasteiger partial charge >= 0.3 is 0 Å². The van der Waals surface area contributed by atoms with E-state index in [2.05, 4.69) is 40.3 Å². The number of furan rings is 1. The number of rotatable bonds is 4. The Morgan fingerprint density at radius 2 is 2.18 bits per heavy atom. The number of nitrogens with one attached hydrogen (secondary N) is 1. The summed E-state index contributed by atoms with van der Waals surface area (Å²) in [5, 5.41) is 3.81. The van der Waals surface area contributed by atoms with Crippen molar-refractivity contribution in [2.24, 2.45) is 0 Å². The highest BCUT2D eigenvalue weighted by Gasteiger charge is 2.06. The Balaban J connectivity index is 1.95. The summed E-state index contributed by atoms with van der Waals surface area (Å²) in [5.41, 5.74) is 1.23. The number of benzene rings is 1. The lowest BCUT2D eigenvalue weighted by Gasteiger charge is -2.13. The SMILES string of the molecule is C[C@H](NCc1ccc(Cl)o1)c1cccc(Br)c1. The molecule has 0 fully saturated rings. The average molecular weight is 315 g/mol. The Kier molecular flexibility index (Phi) is 4.26. The van der Waals surface area contributed by atoms with Crippen molar-refractivity contribution in [2.45, 2.75) is 19.5 Å². The molecule has 1 N–H and O–H groups in total. The van der Waals surface area contributed by atoms with Crippen molar-refractivity contribution in [2.75, 3.05) is 0 Å². The highest BCUT2D eigenvalue weighted by atomic mass is 79.9. The average Bonchev–Trinajstić information content (AvgIpc) is 2.72. The maximum Gasteiger partial charge on any atom is 0.193 e. The van der Waals surface area contributed by atoms with Gasteiger partial charge in [-0.3, -0.25) is 0 Å². The van der Waals surface area contributed by atoms with Crippen LogP contribution < -0.4 is 5.32 Å². The van der Waals surface area contributed by atoms with Gasteiger partial charge in [0.2, 0.25) is 0 Å². The maximum atomic E-state index is 5.71. The summed E-state index contributed by atoms with van der Waals surface area (Å²) in [6.45, 7) is 2.78. The first-order chi connectivity index (χ1) is 8.15. The molecule has 2 nitrogen and oxygen atoms in total. The van der Waals surface area contributed by atoms with Gasteiger partial charge in [0.25, 0.3) is 0 Å². The number of hydrogen-bond acceptors (Lipinski definition) is 2. The zero-order valence-electron chi connectivity index (χ0n) is 9.41. The van der Waals surface area contributed by atoms with E-state index in [4.69, 9.17) is 16.0 Å². The first-order valence-electron chi connectivity index (χ1n) is 5.38. The van der Waals surface area contributed by atoms with Crippen LogP contribution in [0.5, 0.6) is 0 Å². The summed E-state index contributed by atoms with van der Waals surface area (Å²) in [7, 11) is 0. The highest BCUT2D eigenvalue weighted by Crippen LogP contribution is 2.19. The molecule has 0 radical (unpaired) electrons. The van der Waals surface area contributed by atoms with E-state index in [9.17, 15) is 0 Å². The molecule has 1 atom stereocenters. The molecule has 0 saturated heterocycles. The molecule has 4 heteroatoms. The summed E-state index contributed by atoms with van der Waals surface area (Å²) in [4.78, 5) is 0. The monoisotopic (exact) mass is 313 g/mol. The van der Waals surface area contributed by atoms with Gasteiger partial charge in [0.15, 0.2) is 5.22 Å². The predicted molar refractivity (Wildman–Crippen MR) is 73.1 cm³/mol. The van der Waals surface area contributed by atoms with Crippen LogP contribution in [0.15, 0.2) is 45.3 Å². The van der Waals surface area contributed by atoms with Crippen molar-refractivity contribution < 1.29 is 4.42 Å². The molecule has 1 aromatic carbocycles. The molecule has 2 rings (SSSR count). The van der Waals surface area contributed by atoms with Crippen LogP contribution in [0.1, 0.15) is 24.3 Å². The van der Waals surface area contributed by atoms with Gasteiger partial charge in [0.1, 0.15) is 5.76 Å². The first kappa shape index (κ1) is 12.7. The summed E-state index contributed by atoms with van der Waals surface area (Å²) >= 11 is 9.18. The first-order valence-corrected chi connectivity index (χ1v) is 6.55. The fourth-order valence-corrected chi connectivity index (χ4v) is 2.17. The molecule has 17 heavy (non-hydrogen) atoms. The summed E-state index contributed by atoms with van der Waals surface area (Å²) in [5.74, 6) is 0.844. The van der Waals surface area contributed by atoms with Gasteiger partial charge in [-0.15, -0.1) is 0 Å². The predicted octanol–water partition coefficient (Wildman–Crippen LogP) is 4.55. The van der Waals surface area contributed by atoms with Crippen LogP contribution in [0, 0.1) is 0 Å². The summed E-state index contributed by atoms with van der Waals surface area (Å²) < 4.78 is 6.37. The van der Waals surface area contributed by atoms with Crippen molar-refractivity contribution in [3.8, 4) is 0 Å². The lowest BCUT2D eigenvalue weighted by Crippen LogP contribution is -2.17. The second-order valence-electron chi connectivity index (χ2n) is 3.86. The minimum absolute atomic E-state index is 0.261. The molecule has 0 aliphatic rings. The highest BCUT2D eigenvalue weighted by molar-refractivity contribution is 9.10. The van der Waals surface area contributed by atoms with E-state index in [1.165, 1.54) is 5.56 Å². The smallest absolute Gasteiger partial charge is 0.193 e. The molecule has 0 bridgehead atoms. The van der Waals surface area contributed by atoms with Crippen molar-refractivity contribution in [1.29, 1.82) is 0 Å². The third kappa shape index (κ3) is 3.60. The van der Waals surface area contributed by atoms with Gasteiger partial charge in [-0.1, -0.05) is 28.1 Å². The topological polar surface area (TPSA) is 25.2 Å². The third-order valence-corrected chi connectivity index (χ3v) is 3.26. The molecule has 0 spiro atoms. The van der Waals surface area contributed by atoms with Crippen LogP contribution in [0.25, 0.3) is 0 Å². The van der Waals surface area contributed by atoms with Crippen LogP contribution in [-0.4, -0.2) is 0 Å². The van der Waals surface area contributed by atoms with Crippen LogP contribution in [0.4, 0.5) is 0 Å². The molecule has 90 valence electrons. The Hall–Kier alpha value is -0.770. The van der Waals surface area contributed by atoms with Crippen LogP contribution in [0.3, 0.4) is 0 Å². The van der Waals surface area contributed by atoms with Gasteiger partial charge < -0.3 is 9.73 Å². The molecular weight excluding hydrogens is 302 g/mol. The van der Waals surface area contributed by atoms with Crippen molar-refractivity contribution in [3.63, 3.8) is 0 Å². The van der Waals surface area contributed by atoms with E-state index in [0.29, 0.717) is 11.8 Å². The van der Waals surface area contributed by atoms with Crippen molar-refractivity contribution in [1.82, 2.24) is 5.32 Å². The quantitative estimate of drug-likeness (QED) is 0.896. The van der Waals surface area contributed by atoms with Crippen LogP contribution in [0.2, 0.25) is 5.22 Å². The van der Waals surface area contributed by atoms with Gasteiger partial charge in [-0.25, -0.2) is 0 Å². The third-order valence-electron chi connectivity index (χ3n) is 2.56. The summed E-state index contributed by atoms with van der Waals surface area (Å²) in [6, 6.07) is 12.1. The van der Waals surface area contributed by atoms with E-state index in [-0.39, 0.29) is 6.04 Å². The minimum Gasteiger partial charge on any atom is -0.448 e. The fraction of sp³-hybridized carbons (Fsp3) is 0.231. The molecular formula is C13H13BrClNO. The molecule has 0 aliphatic heterocycles. The Morgan fingerprint density at radius 3 is 2.82 bits per heavy atom. The summed E-state index contributed by atoms with van der Waals surface area (Å²) in [6.07, 6.45) is 0. The molecule has 1 aromatic heterocycles. The minimum atomic E-state index is 0.261. The Morgan fingerprint density at radius 1 is 1.35 bits per heavy atom. The van der Waals surface area contributed by atoms with Crippen molar-refractivity contribution >= 4 is 27.5 Å². The number of halogens is 2. The fourth-order valence-electron chi connectivity index (χ4n) is 1.59. The van der Waals surface area contributed by atoms with Gasteiger partial charge in [0, 0.05) is 10.5 Å². The number of hydrogen-bond donors (Lipinski definition) is 1. The molecule has 0 amide bonds. The Labute approximate surface area is 114 Å². The lowest BCUT2D eigenvalue weighted by atomic mass is 10.1. The second-order valence-corrected chi connectivity index (χ2v) is 5.15. The zero-order valence-corrected chi connectivity index (χ0v) is 11.8. The van der Waals surface area contributed by atoms with Gasteiger partial charge in [-0.2, -0.15) is 0 Å². The molecule has 1 heterocycles. The normalized spacial score (nSPS) is 12.6. The molecule has 2 aromatic rings. The molecule has 0 unspecified atom stereocenters. The standard InChI is InChI=1S/C13H13BrClNO/c1-9(10-3-2-4-11(14)7-10)16-8-12-5-6-13(15)17-12/h2-7,9,16H,8H2,1H3/t9-/m0/s1. The van der Waals surface area contributed by atoms with Gasteiger partial charge in [0.05, 0.1) is 6.54 Å². The second kappa shape index (κ2) is 5.71. The van der Waals surface area contributed by atoms with Crippen LogP contribution >= 0.6 is 27.5 Å². The van der Waals surface area contributed by atoms with Crippen LogP contribution in [-0.2, 0) is 6.54 Å². The van der Waals surface area contributed by atoms with E-state index >= 15 is 0 Å². The van der Waals surface area contributed by atoms with E-state index < -0.39 is 0 Å². The maximum absolute atomic E-state index is 5.71. The molecule has 0 saturated carbocycles. The Bertz CT molecular complexity index is 498. The largest absolute Gasteiger partial charge is 0.448 e. The van der Waals surface area contributed by atoms with Crippen molar-refractivity contribution in [3.05, 3.63) is 57.4 Å². The van der Waals surface area contributed by atoms with E-state index in [0.717, 1.165) is 10.2 Å². The molecule has 0 aliphatic carbocycles.